The number of rotatable bonds is 3. The van der Waals surface area contributed by atoms with Crippen LogP contribution < -0.4 is 5.76 Å². The van der Waals surface area contributed by atoms with E-state index in [9.17, 15) is 19.7 Å². The molecule has 0 N–H and O–H groups in total. The van der Waals surface area contributed by atoms with Crippen LogP contribution in [0.3, 0.4) is 0 Å². The number of aromatic nitrogens is 1. The maximum atomic E-state index is 11.5. The summed E-state index contributed by atoms with van der Waals surface area (Å²) < 4.78 is 10.3. The summed E-state index contributed by atoms with van der Waals surface area (Å²) >= 11 is 0. The molecule has 0 aliphatic heterocycles. The number of hydrogen-bond donors (Lipinski definition) is 0. The van der Waals surface area contributed by atoms with Crippen LogP contribution in [0.5, 0.6) is 0 Å². The molecule has 1 heterocycles. The van der Waals surface area contributed by atoms with E-state index in [2.05, 4.69) is 4.74 Å². The smallest absolute Gasteiger partial charge is 0.420 e. The standard InChI is InChI=1S/C10H8N2O6/c1-17-9(13)5-11-7-4-6(12(15)16)2-3-8(7)18-10(11)14/h2-4H,5H2,1H3. The van der Waals surface area contributed by atoms with E-state index in [0.29, 0.717) is 0 Å². The van der Waals surface area contributed by atoms with Crippen molar-refractivity contribution >= 4 is 22.8 Å². The van der Waals surface area contributed by atoms with Gasteiger partial charge in [0.2, 0.25) is 0 Å². The zero-order chi connectivity index (χ0) is 13.3. The topological polar surface area (TPSA) is 105 Å². The second-order valence-corrected chi connectivity index (χ2v) is 3.44. The van der Waals surface area contributed by atoms with Crippen molar-refractivity contribution in [2.45, 2.75) is 6.54 Å². The van der Waals surface area contributed by atoms with Crippen molar-refractivity contribution < 1.29 is 18.9 Å². The van der Waals surface area contributed by atoms with Gasteiger partial charge in [0.25, 0.3) is 5.69 Å². The molecule has 0 bridgehead atoms. The normalized spacial score (nSPS) is 10.5. The van der Waals surface area contributed by atoms with Gasteiger partial charge >= 0.3 is 11.7 Å². The zero-order valence-electron chi connectivity index (χ0n) is 9.28. The van der Waals surface area contributed by atoms with Crippen LogP contribution in [-0.2, 0) is 16.1 Å². The second-order valence-electron chi connectivity index (χ2n) is 3.44. The van der Waals surface area contributed by atoms with E-state index in [4.69, 9.17) is 4.42 Å². The summed E-state index contributed by atoms with van der Waals surface area (Å²) in [7, 11) is 1.18. The number of non-ortho nitro benzene ring substituents is 1. The minimum Gasteiger partial charge on any atom is -0.468 e. The molecule has 0 radical (unpaired) electrons. The van der Waals surface area contributed by atoms with E-state index >= 15 is 0 Å². The number of benzene rings is 1. The molecule has 18 heavy (non-hydrogen) atoms. The van der Waals surface area contributed by atoms with Gasteiger partial charge in [-0.1, -0.05) is 0 Å². The highest BCUT2D eigenvalue weighted by atomic mass is 16.6. The maximum Gasteiger partial charge on any atom is 0.420 e. The van der Waals surface area contributed by atoms with Gasteiger partial charge in [0, 0.05) is 12.1 Å². The minimum absolute atomic E-state index is 0.175. The van der Waals surface area contributed by atoms with E-state index in [-0.39, 0.29) is 23.3 Å². The Bertz CT molecular complexity index is 683. The lowest BCUT2D eigenvalue weighted by atomic mass is 10.3. The first-order valence-electron chi connectivity index (χ1n) is 4.87. The number of carbonyl (C=O) groups excluding carboxylic acids is 1. The van der Waals surface area contributed by atoms with Crippen molar-refractivity contribution in [2.75, 3.05) is 7.11 Å². The number of carbonyl (C=O) groups is 1. The van der Waals surface area contributed by atoms with Crippen LogP contribution >= 0.6 is 0 Å². The van der Waals surface area contributed by atoms with Crippen molar-refractivity contribution in [1.82, 2.24) is 4.57 Å². The van der Waals surface area contributed by atoms with E-state index in [1.807, 2.05) is 0 Å². The first-order chi connectivity index (χ1) is 8.52. The van der Waals surface area contributed by atoms with Crippen LogP contribution in [0.1, 0.15) is 0 Å². The Labute approximate surface area is 99.5 Å². The Balaban J connectivity index is 2.60. The molecule has 2 aromatic rings. The maximum absolute atomic E-state index is 11.5. The van der Waals surface area contributed by atoms with Gasteiger partial charge in [-0.15, -0.1) is 0 Å². The third-order valence-corrected chi connectivity index (χ3v) is 2.38. The van der Waals surface area contributed by atoms with Crippen molar-refractivity contribution in [3.05, 3.63) is 38.9 Å². The summed E-state index contributed by atoms with van der Waals surface area (Å²) in [5.41, 5.74) is 0.163. The minimum atomic E-state index is -0.768. The molecule has 8 nitrogen and oxygen atoms in total. The molecular formula is C10H8N2O6. The van der Waals surface area contributed by atoms with Gasteiger partial charge in [-0.05, 0) is 6.07 Å². The monoisotopic (exact) mass is 252 g/mol. The molecule has 0 amide bonds. The van der Waals surface area contributed by atoms with Crippen LogP contribution in [0.25, 0.3) is 11.1 Å². The molecule has 94 valence electrons. The highest BCUT2D eigenvalue weighted by molar-refractivity contribution is 5.78. The highest BCUT2D eigenvalue weighted by Crippen LogP contribution is 2.19. The molecule has 0 saturated heterocycles. The highest BCUT2D eigenvalue weighted by Gasteiger charge is 2.16. The fraction of sp³-hybridized carbons (Fsp3) is 0.200. The lowest BCUT2D eigenvalue weighted by Crippen LogP contribution is -2.20. The van der Waals surface area contributed by atoms with Crippen molar-refractivity contribution in [2.24, 2.45) is 0 Å². The van der Waals surface area contributed by atoms with Gasteiger partial charge in [0.15, 0.2) is 5.58 Å². The molecule has 0 atom stereocenters. The van der Waals surface area contributed by atoms with Crippen LogP contribution in [0.2, 0.25) is 0 Å². The lowest BCUT2D eigenvalue weighted by molar-refractivity contribution is -0.384. The molecule has 2 rings (SSSR count). The van der Waals surface area contributed by atoms with Crippen LogP contribution in [0.4, 0.5) is 5.69 Å². The summed E-state index contributed by atoms with van der Waals surface area (Å²) in [6.45, 7) is -0.358. The Kier molecular flexibility index (Phi) is 2.84. The first kappa shape index (κ1) is 11.8. The van der Waals surface area contributed by atoms with Crippen molar-refractivity contribution in [1.29, 1.82) is 0 Å². The summed E-state index contributed by atoms with van der Waals surface area (Å²) in [5, 5.41) is 10.6. The van der Waals surface area contributed by atoms with E-state index < -0.39 is 16.6 Å². The van der Waals surface area contributed by atoms with E-state index in [1.165, 1.54) is 25.3 Å². The molecule has 0 unspecified atom stereocenters. The molecule has 1 aromatic heterocycles. The molecular weight excluding hydrogens is 244 g/mol. The third-order valence-electron chi connectivity index (χ3n) is 2.38. The van der Waals surface area contributed by atoms with Gasteiger partial charge in [-0.2, -0.15) is 0 Å². The van der Waals surface area contributed by atoms with Gasteiger partial charge < -0.3 is 9.15 Å². The Morgan fingerprint density at radius 1 is 1.56 bits per heavy atom. The van der Waals surface area contributed by atoms with E-state index in [0.717, 1.165) is 4.57 Å². The molecule has 0 saturated carbocycles. The number of nitro groups is 1. The van der Waals surface area contributed by atoms with Crippen LogP contribution in [0, 0.1) is 10.1 Å². The van der Waals surface area contributed by atoms with Gasteiger partial charge in [0.05, 0.1) is 17.5 Å². The predicted molar refractivity (Wildman–Crippen MR) is 59.1 cm³/mol. The van der Waals surface area contributed by atoms with Crippen LogP contribution in [0.15, 0.2) is 27.4 Å². The summed E-state index contributed by atoms with van der Waals surface area (Å²) in [5.74, 6) is -1.41. The number of ether oxygens (including phenoxy) is 1. The number of nitrogens with zero attached hydrogens (tertiary/aromatic N) is 2. The molecule has 0 aliphatic rings. The van der Waals surface area contributed by atoms with Crippen molar-refractivity contribution in [3.63, 3.8) is 0 Å². The Hall–Kier alpha value is -2.64. The molecule has 0 aliphatic carbocycles. The fourth-order valence-corrected chi connectivity index (χ4v) is 1.51. The number of esters is 1. The number of methoxy groups -OCH3 is 1. The van der Waals surface area contributed by atoms with E-state index in [1.54, 1.807) is 0 Å². The Morgan fingerprint density at radius 2 is 2.28 bits per heavy atom. The molecule has 0 spiro atoms. The fourth-order valence-electron chi connectivity index (χ4n) is 1.51. The molecule has 8 heteroatoms. The van der Waals surface area contributed by atoms with Gasteiger partial charge in [-0.3, -0.25) is 19.5 Å². The average molecular weight is 252 g/mol. The number of nitro benzene ring substituents is 1. The quantitative estimate of drug-likeness (QED) is 0.451. The number of hydrogen-bond acceptors (Lipinski definition) is 6. The first-order valence-corrected chi connectivity index (χ1v) is 4.87. The second kappa shape index (κ2) is 4.32. The molecule has 0 fully saturated rings. The zero-order valence-corrected chi connectivity index (χ0v) is 9.28. The number of fused-ring (bicyclic) bond motifs is 1. The number of oxazole rings is 1. The largest absolute Gasteiger partial charge is 0.468 e. The third kappa shape index (κ3) is 1.95. The summed E-state index contributed by atoms with van der Waals surface area (Å²) in [6, 6.07) is 3.69. The summed E-state index contributed by atoms with van der Waals surface area (Å²) in [6.07, 6.45) is 0. The Morgan fingerprint density at radius 3 is 2.89 bits per heavy atom. The lowest BCUT2D eigenvalue weighted by Gasteiger charge is -1.99. The van der Waals surface area contributed by atoms with Crippen molar-refractivity contribution in [3.8, 4) is 0 Å². The van der Waals surface area contributed by atoms with Gasteiger partial charge in [-0.25, -0.2) is 4.79 Å². The average Bonchev–Trinajstić information content (AvgIpc) is 2.65. The predicted octanol–water partition coefficient (Wildman–Crippen LogP) is 0.676. The summed E-state index contributed by atoms with van der Waals surface area (Å²) in [4.78, 5) is 32.7. The van der Waals surface area contributed by atoms with Crippen LogP contribution in [-0.4, -0.2) is 22.6 Å². The SMILES string of the molecule is COC(=O)Cn1c(=O)oc2ccc([N+](=O)[O-])cc21. The molecule has 1 aromatic carbocycles. The van der Waals surface area contributed by atoms with Gasteiger partial charge in [0.1, 0.15) is 6.54 Å².